The number of amides is 1. The van der Waals surface area contributed by atoms with Crippen LogP contribution in [0.1, 0.15) is 31.2 Å². The van der Waals surface area contributed by atoms with Crippen LogP contribution in [-0.2, 0) is 4.79 Å². The zero-order valence-electron chi connectivity index (χ0n) is 11.4. The number of nitrogens with one attached hydrogen (secondary N) is 1. The molecule has 1 aromatic carbocycles. The fraction of sp³-hybridized carbons (Fsp3) is 0.533. The van der Waals surface area contributed by atoms with Crippen molar-refractivity contribution in [2.24, 2.45) is 0 Å². The second-order valence-corrected chi connectivity index (χ2v) is 5.49. The molecule has 1 saturated heterocycles. The van der Waals surface area contributed by atoms with Gasteiger partial charge >= 0.3 is 0 Å². The summed E-state index contributed by atoms with van der Waals surface area (Å²) < 4.78 is 0. The highest BCUT2D eigenvalue weighted by Crippen LogP contribution is 2.25. The lowest BCUT2D eigenvalue weighted by atomic mass is 10.2. The van der Waals surface area contributed by atoms with Crippen molar-refractivity contribution in [3.63, 3.8) is 0 Å². The molecule has 1 N–H and O–H groups in total. The predicted octanol–water partition coefficient (Wildman–Crippen LogP) is 3.46. The average Bonchev–Trinajstić information content (AvgIpc) is 2.66. The Morgan fingerprint density at radius 2 is 1.95 bits per heavy atom. The summed E-state index contributed by atoms with van der Waals surface area (Å²) in [4.78, 5) is 14.1. The first-order chi connectivity index (χ1) is 9.18. The molecule has 1 aliphatic heterocycles. The first-order valence-corrected chi connectivity index (χ1v) is 7.33. The highest BCUT2D eigenvalue weighted by Gasteiger charge is 2.15. The van der Waals surface area contributed by atoms with Crippen LogP contribution in [-0.4, -0.2) is 30.4 Å². The number of benzene rings is 1. The third-order valence-electron chi connectivity index (χ3n) is 3.60. The molecule has 0 bridgehead atoms. The number of likely N-dealkylation sites (tertiary alicyclic amines) is 1. The van der Waals surface area contributed by atoms with Crippen LogP contribution >= 0.6 is 11.6 Å². The van der Waals surface area contributed by atoms with E-state index in [2.05, 4.69) is 5.32 Å². The molecule has 1 heterocycles. The molecule has 0 radical (unpaired) electrons. The first kappa shape index (κ1) is 14.2. The lowest BCUT2D eigenvalue weighted by Gasteiger charge is -2.21. The van der Waals surface area contributed by atoms with Crippen molar-refractivity contribution in [1.82, 2.24) is 4.90 Å². The number of hydrogen-bond donors (Lipinski definition) is 1. The number of hydrogen-bond acceptors (Lipinski definition) is 2. The monoisotopic (exact) mass is 280 g/mol. The molecule has 0 saturated carbocycles. The van der Waals surface area contributed by atoms with E-state index < -0.39 is 0 Å². The van der Waals surface area contributed by atoms with Crippen molar-refractivity contribution in [3.05, 3.63) is 28.8 Å². The summed E-state index contributed by atoms with van der Waals surface area (Å²) in [5.41, 5.74) is 1.93. The molecule has 0 spiro atoms. The molecule has 19 heavy (non-hydrogen) atoms. The maximum atomic E-state index is 12.2. The van der Waals surface area contributed by atoms with E-state index in [0.29, 0.717) is 11.6 Å². The van der Waals surface area contributed by atoms with Gasteiger partial charge in [0.2, 0.25) is 5.91 Å². The summed E-state index contributed by atoms with van der Waals surface area (Å²) >= 11 is 6.14. The van der Waals surface area contributed by atoms with Gasteiger partial charge in [-0.3, -0.25) is 4.79 Å². The number of rotatable bonds is 3. The van der Waals surface area contributed by atoms with Crippen molar-refractivity contribution in [2.45, 2.75) is 32.6 Å². The van der Waals surface area contributed by atoms with Crippen LogP contribution in [0.2, 0.25) is 5.02 Å². The van der Waals surface area contributed by atoms with E-state index in [9.17, 15) is 4.79 Å². The van der Waals surface area contributed by atoms with Gasteiger partial charge in [-0.05, 0) is 31.4 Å². The summed E-state index contributed by atoms with van der Waals surface area (Å²) in [5.74, 6) is 0.168. The number of carbonyl (C=O) groups is 1. The minimum absolute atomic E-state index is 0.168. The van der Waals surface area contributed by atoms with Gasteiger partial charge in [0.25, 0.3) is 0 Å². The molecule has 3 nitrogen and oxygen atoms in total. The van der Waals surface area contributed by atoms with Crippen molar-refractivity contribution in [2.75, 3.05) is 25.0 Å². The minimum atomic E-state index is 0.168. The Kier molecular flexibility index (Phi) is 5.08. The van der Waals surface area contributed by atoms with Crippen LogP contribution in [0.4, 0.5) is 5.69 Å². The fourth-order valence-electron chi connectivity index (χ4n) is 2.45. The molecule has 104 valence electrons. The zero-order chi connectivity index (χ0) is 13.7. The molecule has 1 fully saturated rings. The molecular formula is C15H21ClN2O. The summed E-state index contributed by atoms with van der Waals surface area (Å²) in [6.45, 7) is 4.10. The van der Waals surface area contributed by atoms with E-state index >= 15 is 0 Å². The van der Waals surface area contributed by atoms with Crippen LogP contribution in [0.5, 0.6) is 0 Å². The van der Waals surface area contributed by atoms with Crippen LogP contribution in [0.15, 0.2) is 18.2 Å². The van der Waals surface area contributed by atoms with Crippen molar-refractivity contribution in [3.8, 4) is 0 Å². The van der Waals surface area contributed by atoms with Crippen LogP contribution in [0.25, 0.3) is 0 Å². The van der Waals surface area contributed by atoms with Gasteiger partial charge in [-0.15, -0.1) is 0 Å². The fourth-order valence-corrected chi connectivity index (χ4v) is 2.74. The number of nitrogens with zero attached hydrogens (tertiary/aromatic N) is 1. The van der Waals surface area contributed by atoms with Crippen LogP contribution < -0.4 is 5.32 Å². The topological polar surface area (TPSA) is 32.3 Å². The number of anilines is 1. The third-order valence-corrected chi connectivity index (χ3v) is 3.91. The minimum Gasteiger partial charge on any atom is -0.375 e. The molecule has 0 unspecified atom stereocenters. The van der Waals surface area contributed by atoms with Crippen molar-refractivity contribution >= 4 is 23.2 Å². The lowest BCUT2D eigenvalue weighted by Crippen LogP contribution is -2.36. The van der Waals surface area contributed by atoms with Gasteiger partial charge in [-0.1, -0.05) is 36.6 Å². The number of aryl methyl sites for hydroxylation is 1. The van der Waals surface area contributed by atoms with Gasteiger partial charge in [0.1, 0.15) is 0 Å². The van der Waals surface area contributed by atoms with Gasteiger partial charge in [-0.25, -0.2) is 0 Å². The Morgan fingerprint density at radius 3 is 2.58 bits per heavy atom. The smallest absolute Gasteiger partial charge is 0.241 e. The second kappa shape index (κ2) is 6.80. The number of para-hydroxylation sites is 1. The molecule has 1 amide bonds. The molecule has 0 aliphatic carbocycles. The van der Waals surface area contributed by atoms with Crippen molar-refractivity contribution < 1.29 is 4.79 Å². The van der Waals surface area contributed by atoms with E-state index in [0.717, 1.165) is 37.2 Å². The average molecular weight is 281 g/mol. The van der Waals surface area contributed by atoms with Gasteiger partial charge in [0, 0.05) is 13.1 Å². The van der Waals surface area contributed by atoms with E-state index in [4.69, 9.17) is 11.6 Å². The van der Waals surface area contributed by atoms with Gasteiger partial charge in [0.15, 0.2) is 0 Å². The van der Waals surface area contributed by atoms with E-state index in [-0.39, 0.29) is 5.91 Å². The molecule has 1 aliphatic rings. The van der Waals surface area contributed by atoms with Crippen LogP contribution in [0.3, 0.4) is 0 Å². The molecule has 2 rings (SSSR count). The Bertz CT molecular complexity index is 420. The Balaban J connectivity index is 1.92. The highest BCUT2D eigenvalue weighted by molar-refractivity contribution is 6.33. The lowest BCUT2D eigenvalue weighted by molar-refractivity contribution is -0.129. The summed E-state index contributed by atoms with van der Waals surface area (Å²) in [6.07, 6.45) is 4.72. The first-order valence-electron chi connectivity index (χ1n) is 6.95. The second-order valence-electron chi connectivity index (χ2n) is 5.08. The van der Waals surface area contributed by atoms with Gasteiger partial charge in [0.05, 0.1) is 17.3 Å². The normalized spacial score (nSPS) is 16.0. The van der Waals surface area contributed by atoms with E-state index in [1.165, 1.54) is 12.8 Å². The van der Waals surface area contributed by atoms with E-state index in [1.54, 1.807) is 0 Å². The predicted molar refractivity (Wildman–Crippen MR) is 79.7 cm³/mol. The summed E-state index contributed by atoms with van der Waals surface area (Å²) in [5, 5.41) is 3.85. The quantitative estimate of drug-likeness (QED) is 0.920. The highest BCUT2D eigenvalue weighted by atomic mass is 35.5. The molecule has 1 aromatic rings. The molecule has 0 atom stereocenters. The Hall–Kier alpha value is -1.22. The maximum Gasteiger partial charge on any atom is 0.241 e. The SMILES string of the molecule is Cc1cccc(Cl)c1NCC(=O)N1CCCCCC1. The van der Waals surface area contributed by atoms with E-state index in [1.807, 2.05) is 30.0 Å². The number of halogens is 1. The van der Waals surface area contributed by atoms with Crippen LogP contribution in [0, 0.1) is 6.92 Å². The molecule has 4 heteroatoms. The van der Waals surface area contributed by atoms with Gasteiger partial charge in [-0.2, -0.15) is 0 Å². The standard InChI is InChI=1S/C15H21ClN2O/c1-12-7-6-8-13(16)15(12)17-11-14(19)18-9-4-2-3-5-10-18/h6-8,17H,2-5,9-11H2,1H3. The molecular weight excluding hydrogens is 260 g/mol. The summed E-state index contributed by atoms with van der Waals surface area (Å²) in [6, 6.07) is 5.75. The molecule has 0 aromatic heterocycles. The maximum absolute atomic E-state index is 12.2. The zero-order valence-corrected chi connectivity index (χ0v) is 12.2. The Morgan fingerprint density at radius 1 is 1.26 bits per heavy atom. The van der Waals surface area contributed by atoms with Gasteiger partial charge < -0.3 is 10.2 Å². The summed E-state index contributed by atoms with van der Waals surface area (Å²) in [7, 11) is 0. The third kappa shape index (κ3) is 3.87. The number of carbonyl (C=O) groups excluding carboxylic acids is 1. The van der Waals surface area contributed by atoms with Crippen molar-refractivity contribution in [1.29, 1.82) is 0 Å². The Labute approximate surface area is 119 Å². The largest absolute Gasteiger partial charge is 0.375 e.